The number of hydrogen-bond donors (Lipinski definition) is 1. The Balaban J connectivity index is 1.92. The lowest BCUT2D eigenvalue weighted by atomic mass is 9.80. The quantitative estimate of drug-likeness (QED) is 0.873. The van der Waals surface area contributed by atoms with Crippen molar-refractivity contribution in [3.63, 3.8) is 0 Å². The third-order valence-corrected chi connectivity index (χ3v) is 5.94. The van der Waals surface area contributed by atoms with Gasteiger partial charge in [-0.05, 0) is 23.6 Å². The van der Waals surface area contributed by atoms with Gasteiger partial charge in [-0.1, -0.05) is 62.4 Å². The van der Waals surface area contributed by atoms with Crippen molar-refractivity contribution in [2.75, 3.05) is 7.05 Å². The maximum atomic E-state index is 13.3. The Hall–Kier alpha value is -3.13. The number of nitriles is 1. The molecule has 1 saturated heterocycles. The van der Waals surface area contributed by atoms with Gasteiger partial charge < -0.3 is 10.2 Å². The summed E-state index contributed by atoms with van der Waals surface area (Å²) in [6.45, 7) is 3.81. The Kier molecular flexibility index (Phi) is 5.51. The molecule has 0 spiro atoms. The van der Waals surface area contributed by atoms with Crippen molar-refractivity contribution in [1.82, 2.24) is 10.2 Å². The second kappa shape index (κ2) is 7.85. The lowest BCUT2D eigenvalue weighted by molar-refractivity contribution is -0.156. The van der Waals surface area contributed by atoms with E-state index in [0.29, 0.717) is 18.4 Å². The number of piperazine rings is 1. The molecule has 3 atom stereocenters. The number of likely N-dealkylation sites (N-methyl/N-ethyl adjacent to an activating group) is 1. The van der Waals surface area contributed by atoms with E-state index in [0.717, 1.165) is 11.1 Å². The van der Waals surface area contributed by atoms with Gasteiger partial charge in [0, 0.05) is 19.4 Å². The number of rotatable bonds is 5. The topological polar surface area (TPSA) is 73.2 Å². The lowest BCUT2D eigenvalue weighted by Crippen LogP contribution is -2.71. The Morgan fingerprint density at radius 1 is 1.14 bits per heavy atom. The number of amides is 2. The number of benzene rings is 2. The van der Waals surface area contributed by atoms with Crippen molar-refractivity contribution in [2.24, 2.45) is 0 Å². The molecule has 1 N–H and O–H groups in total. The second-order valence-corrected chi connectivity index (χ2v) is 7.38. The largest absolute Gasteiger partial charge is 0.342 e. The smallest absolute Gasteiger partial charge is 0.246 e. The van der Waals surface area contributed by atoms with Crippen molar-refractivity contribution in [3.8, 4) is 6.07 Å². The van der Waals surface area contributed by atoms with Crippen LogP contribution in [0.3, 0.4) is 0 Å². The first-order valence-corrected chi connectivity index (χ1v) is 9.56. The van der Waals surface area contributed by atoms with Crippen LogP contribution in [0.2, 0.25) is 0 Å². The minimum absolute atomic E-state index is 0.127. The van der Waals surface area contributed by atoms with Gasteiger partial charge in [0.25, 0.3) is 0 Å². The molecular weight excluding hydrogens is 350 g/mol. The van der Waals surface area contributed by atoms with Gasteiger partial charge in [-0.3, -0.25) is 9.59 Å². The predicted molar refractivity (Wildman–Crippen MR) is 107 cm³/mol. The zero-order valence-corrected chi connectivity index (χ0v) is 16.5. The Labute approximate surface area is 166 Å². The summed E-state index contributed by atoms with van der Waals surface area (Å²) < 4.78 is 0. The lowest BCUT2D eigenvalue weighted by Gasteiger charge is -2.47. The molecule has 3 unspecified atom stereocenters. The van der Waals surface area contributed by atoms with Crippen LogP contribution in [0.15, 0.2) is 54.6 Å². The highest BCUT2D eigenvalue weighted by Gasteiger charge is 2.51. The molecule has 3 rings (SSSR count). The summed E-state index contributed by atoms with van der Waals surface area (Å²) in [7, 11) is 1.71. The van der Waals surface area contributed by atoms with Crippen molar-refractivity contribution in [2.45, 2.75) is 44.2 Å². The molecule has 1 aliphatic heterocycles. The molecule has 0 bridgehead atoms. The molecule has 144 valence electrons. The van der Waals surface area contributed by atoms with E-state index in [1.807, 2.05) is 56.3 Å². The summed E-state index contributed by atoms with van der Waals surface area (Å²) in [5.74, 6) is -0.578. The third kappa shape index (κ3) is 3.27. The van der Waals surface area contributed by atoms with Gasteiger partial charge in [-0.2, -0.15) is 5.26 Å². The van der Waals surface area contributed by atoms with Crippen LogP contribution in [0.5, 0.6) is 0 Å². The van der Waals surface area contributed by atoms with E-state index in [-0.39, 0.29) is 17.7 Å². The van der Waals surface area contributed by atoms with Crippen LogP contribution in [-0.4, -0.2) is 35.3 Å². The molecule has 5 nitrogen and oxygen atoms in total. The number of carbonyl (C=O) groups is 2. The molecule has 2 aromatic carbocycles. The van der Waals surface area contributed by atoms with Crippen LogP contribution >= 0.6 is 0 Å². The molecule has 2 aromatic rings. The molecule has 28 heavy (non-hydrogen) atoms. The fourth-order valence-corrected chi connectivity index (χ4v) is 4.08. The summed E-state index contributed by atoms with van der Waals surface area (Å²) in [4.78, 5) is 28.1. The molecule has 1 aliphatic rings. The highest BCUT2D eigenvalue weighted by Crippen LogP contribution is 2.33. The number of carbonyl (C=O) groups excluding carboxylic acids is 2. The van der Waals surface area contributed by atoms with E-state index in [1.54, 1.807) is 24.1 Å². The van der Waals surface area contributed by atoms with E-state index in [9.17, 15) is 14.9 Å². The van der Waals surface area contributed by atoms with E-state index < -0.39 is 11.6 Å². The first-order valence-electron chi connectivity index (χ1n) is 9.56. The van der Waals surface area contributed by atoms with E-state index >= 15 is 0 Å². The minimum atomic E-state index is -0.913. The van der Waals surface area contributed by atoms with Gasteiger partial charge in [0.05, 0.1) is 11.6 Å². The summed E-state index contributed by atoms with van der Waals surface area (Å²) in [5.41, 5.74) is 1.39. The Bertz CT molecular complexity index is 919. The Morgan fingerprint density at radius 2 is 1.79 bits per heavy atom. The van der Waals surface area contributed by atoms with Gasteiger partial charge in [0.2, 0.25) is 11.8 Å². The molecular formula is C23H25N3O2. The maximum Gasteiger partial charge on any atom is 0.246 e. The first kappa shape index (κ1) is 19.6. The molecule has 0 aromatic heterocycles. The first-order chi connectivity index (χ1) is 13.4. The van der Waals surface area contributed by atoms with Crippen molar-refractivity contribution in [3.05, 3.63) is 71.3 Å². The third-order valence-electron chi connectivity index (χ3n) is 5.94. The zero-order valence-electron chi connectivity index (χ0n) is 16.5. The molecule has 2 amide bonds. The van der Waals surface area contributed by atoms with Gasteiger partial charge in [-0.25, -0.2) is 0 Å². The van der Waals surface area contributed by atoms with Crippen LogP contribution in [0.4, 0.5) is 0 Å². The molecule has 1 heterocycles. The number of nitrogens with one attached hydrogen (secondary N) is 1. The predicted octanol–water partition coefficient (Wildman–Crippen LogP) is 3.01. The maximum absolute atomic E-state index is 13.3. The van der Waals surface area contributed by atoms with E-state index in [4.69, 9.17) is 0 Å². The monoisotopic (exact) mass is 375 g/mol. The zero-order chi connectivity index (χ0) is 20.3. The minimum Gasteiger partial charge on any atom is -0.342 e. The average Bonchev–Trinajstić information content (AvgIpc) is 2.74. The molecule has 5 heteroatoms. The van der Waals surface area contributed by atoms with Crippen LogP contribution in [0, 0.1) is 11.3 Å². The molecule has 0 saturated carbocycles. The molecule has 1 fully saturated rings. The summed E-state index contributed by atoms with van der Waals surface area (Å²) in [6.07, 6.45) is 0.986. The summed E-state index contributed by atoms with van der Waals surface area (Å²) in [5, 5.41) is 12.4. The molecule has 0 aliphatic carbocycles. The van der Waals surface area contributed by atoms with E-state index in [2.05, 4.69) is 11.4 Å². The van der Waals surface area contributed by atoms with Gasteiger partial charge >= 0.3 is 0 Å². The van der Waals surface area contributed by atoms with Crippen molar-refractivity contribution < 1.29 is 9.59 Å². The van der Waals surface area contributed by atoms with Gasteiger partial charge in [0.1, 0.15) is 11.6 Å². The van der Waals surface area contributed by atoms with Crippen molar-refractivity contribution >= 4 is 11.8 Å². The standard InChI is InChI=1S/C23H25N3O2/c1-4-23(14-17-10-6-5-7-11-17)22(28)25-20(21(27)26(23)3)16(2)19-13-9-8-12-18(19)15-24/h5-13,16,20H,4,14H2,1-3H3,(H,25,28). The highest BCUT2D eigenvalue weighted by atomic mass is 16.2. The average molecular weight is 375 g/mol. The van der Waals surface area contributed by atoms with Crippen LogP contribution in [0.25, 0.3) is 0 Å². The van der Waals surface area contributed by atoms with Crippen LogP contribution in [-0.2, 0) is 16.0 Å². The van der Waals surface area contributed by atoms with E-state index in [1.165, 1.54) is 0 Å². The highest BCUT2D eigenvalue weighted by molar-refractivity contribution is 6.00. The fourth-order valence-electron chi connectivity index (χ4n) is 4.08. The van der Waals surface area contributed by atoms with Crippen LogP contribution in [0.1, 0.15) is 42.9 Å². The van der Waals surface area contributed by atoms with Crippen LogP contribution < -0.4 is 5.32 Å². The fraction of sp³-hybridized carbons (Fsp3) is 0.348. The Morgan fingerprint density at radius 3 is 2.43 bits per heavy atom. The number of hydrogen-bond acceptors (Lipinski definition) is 3. The normalized spacial score (nSPS) is 23.1. The van der Waals surface area contributed by atoms with Gasteiger partial charge in [0.15, 0.2) is 0 Å². The van der Waals surface area contributed by atoms with Gasteiger partial charge in [-0.15, -0.1) is 0 Å². The molecule has 0 radical (unpaired) electrons. The summed E-state index contributed by atoms with van der Waals surface area (Å²) >= 11 is 0. The number of nitrogens with zero attached hydrogens (tertiary/aromatic N) is 2. The summed E-state index contributed by atoms with van der Waals surface area (Å²) in [6, 6.07) is 18.4. The van der Waals surface area contributed by atoms with Crippen molar-refractivity contribution in [1.29, 1.82) is 5.26 Å². The second-order valence-electron chi connectivity index (χ2n) is 7.38. The SMILES string of the molecule is CCC1(Cc2ccccc2)C(=O)NC(C(C)c2ccccc2C#N)C(=O)N1C.